The molecule has 2 aromatic carbocycles. The summed E-state index contributed by atoms with van der Waals surface area (Å²) < 4.78 is 50.9. The second kappa shape index (κ2) is 7.24. The molecule has 0 aromatic heterocycles. The zero-order valence-corrected chi connectivity index (χ0v) is 15.3. The lowest BCUT2D eigenvalue weighted by Crippen LogP contribution is -2.29. The molecule has 1 aliphatic heterocycles. The highest BCUT2D eigenvalue weighted by Gasteiger charge is 2.26. The van der Waals surface area contributed by atoms with E-state index in [2.05, 4.69) is 5.32 Å². The van der Waals surface area contributed by atoms with Crippen molar-refractivity contribution in [2.75, 3.05) is 23.7 Å². The normalized spacial score (nSPS) is 14.7. The molecule has 0 fully saturated rings. The molecule has 1 amide bonds. The van der Waals surface area contributed by atoms with Gasteiger partial charge in [0.05, 0.1) is 18.0 Å². The van der Waals surface area contributed by atoms with Crippen LogP contribution in [0.4, 0.5) is 14.5 Å². The fraction of sp³-hybridized carbons (Fsp3) is 0.278. The van der Waals surface area contributed by atoms with Crippen LogP contribution in [0.3, 0.4) is 0 Å². The van der Waals surface area contributed by atoms with E-state index >= 15 is 0 Å². The third-order valence-electron chi connectivity index (χ3n) is 4.38. The molecule has 6 nitrogen and oxygen atoms in total. The van der Waals surface area contributed by atoms with Gasteiger partial charge in [0.1, 0.15) is 0 Å². The Labute approximate surface area is 155 Å². The minimum atomic E-state index is -3.37. The lowest BCUT2D eigenvalue weighted by molar-refractivity contribution is 0.0916. The summed E-state index contributed by atoms with van der Waals surface area (Å²) in [4.78, 5) is 12.3. The minimum Gasteiger partial charge on any atom is -0.387 e. The van der Waals surface area contributed by atoms with E-state index in [1.165, 1.54) is 16.4 Å². The SMILES string of the molecule is CS(=O)(=O)N1CCc2cc(C(=O)NC[C@@H](O)c3ccc(F)c(F)c3)ccc21. The fourth-order valence-electron chi connectivity index (χ4n) is 2.99. The summed E-state index contributed by atoms with van der Waals surface area (Å²) in [6, 6.07) is 7.71. The number of fused-ring (bicyclic) bond motifs is 1. The van der Waals surface area contributed by atoms with Crippen LogP contribution in [0.5, 0.6) is 0 Å². The van der Waals surface area contributed by atoms with E-state index in [4.69, 9.17) is 0 Å². The number of amides is 1. The molecule has 1 atom stereocenters. The van der Waals surface area contributed by atoms with Crippen LogP contribution in [0.15, 0.2) is 36.4 Å². The van der Waals surface area contributed by atoms with E-state index in [9.17, 15) is 27.1 Å². The van der Waals surface area contributed by atoms with Gasteiger partial charge in [0.2, 0.25) is 10.0 Å². The van der Waals surface area contributed by atoms with Gasteiger partial charge >= 0.3 is 0 Å². The van der Waals surface area contributed by atoms with Gasteiger partial charge in [0.25, 0.3) is 5.91 Å². The predicted molar refractivity (Wildman–Crippen MR) is 96.0 cm³/mol. The number of halogens is 2. The van der Waals surface area contributed by atoms with Crippen LogP contribution in [0, 0.1) is 11.6 Å². The molecule has 2 N–H and O–H groups in total. The van der Waals surface area contributed by atoms with Crippen LogP contribution in [0.2, 0.25) is 0 Å². The fourth-order valence-corrected chi connectivity index (χ4v) is 3.94. The number of hydrogen-bond donors (Lipinski definition) is 2. The number of carbonyl (C=O) groups is 1. The van der Waals surface area contributed by atoms with Crippen LogP contribution in [-0.2, 0) is 16.4 Å². The van der Waals surface area contributed by atoms with E-state index in [0.717, 1.165) is 24.0 Å². The third kappa shape index (κ3) is 4.09. The van der Waals surface area contributed by atoms with Crippen molar-refractivity contribution in [3.63, 3.8) is 0 Å². The highest BCUT2D eigenvalue weighted by atomic mass is 32.2. The number of aliphatic hydroxyl groups excluding tert-OH is 1. The van der Waals surface area contributed by atoms with Crippen LogP contribution in [0.1, 0.15) is 27.6 Å². The number of carbonyl (C=O) groups excluding carboxylic acids is 1. The highest BCUT2D eigenvalue weighted by Crippen LogP contribution is 2.30. The third-order valence-corrected chi connectivity index (χ3v) is 5.56. The molecule has 1 heterocycles. The molecular weight excluding hydrogens is 378 g/mol. The van der Waals surface area contributed by atoms with Gasteiger partial charge in [-0.1, -0.05) is 6.07 Å². The molecule has 0 saturated carbocycles. The first kappa shape index (κ1) is 19.2. The van der Waals surface area contributed by atoms with Crippen molar-refractivity contribution >= 4 is 21.6 Å². The molecule has 0 unspecified atom stereocenters. The number of aliphatic hydroxyl groups is 1. The van der Waals surface area contributed by atoms with Gasteiger partial charge in [-0.3, -0.25) is 9.10 Å². The van der Waals surface area contributed by atoms with Crippen molar-refractivity contribution < 1.29 is 27.1 Å². The first-order valence-electron chi connectivity index (χ1n) is 8.18. The first-order valence-corrected chi connectivity index (χ1v) is 10.0. The Morgan fingerprint density at radius 3 is 2.63 bits per heavy atom. The second-order valence-electron chi connectivity index (χ2n) is 6.33. The number of nitrogens with one attached hydrogen (secondary N) is 1. The van der Waals surface area contributed by atoms with Crippen molar-refractivity contribution in [1.82, 2.24) is 5.32 Å². The molecule has 1 aliphatic rings. The van der Waals surface area contributed by atoms with Gasteiger partial charge < -0.3 is 10.4 Å². The van der Waals surface area contributed by atoms with E-state index in [1.807, 2.05) is 0 Å². The summed E-state index contributed by atoms with van der Waals surface area (Å²) in [6.07, 6.45) is 0.433. The Morgan fingerprint density at radius 1 is 1.22 bits per heavy atom. The summed E-state index contributed by atoms with van der Waals surface area (Å²) in [7, 11) is -3.37. The quantitative estimate of drug-likeness (QED) is 0.806. The van der Waals surface area contributed by atoms with Gasteiger partial charge in [-0.2, -0.15) is 0 Å². The van der Waals surface area contributed by atoms with Gasteiger partial charge in [0.15, 0.2) is 11.6 Å². The molecule has 0 aliphatic carbocycles. The number of rotatable bonds is 5. The monoisotopic (exact) mass is 396 g/mol. The van der Waals surface area contributed by atoms with Crippen molar-refractivity contribution in [1.29, 1.82) is 0 Å². The average Bonchev–Trinajstić information content (AvgIpc) is 3.05. The highest BCUT2D eigenvalue weighted by molar-refractivity contribution is 7.92. The number of nitrogens with zero attached hydrogens (tertiary/aromatic N) is 1. The van der Waals surface area contributed by atoms with Crippen LogP contribution in [-0.4, -0.2) is 38.8 Å². The summed E-state index contributed by atoms with van der Waals surface area (Å²) in [5.74, 6) is -2.56. The molecule has 144 valence electrons. The lowest BCUT2D eigenvalue weighted by atomic mass is 10.1. The second-order valence-corrected chi connectivity index (χ2v) is 8.23. The average molecular weight is 396 g/mol. The number of anilines is 1. The Balaban J connectivity index is 1.68. The number of benzene rings is 2. The zero-order valence-electron chi connectivity index (χ0n) is 14.4. The maximum atomic E-state index is 13.2. The first-order chi connectivity index (χ1) is 12.7. The van der Waals surface area contributed by atoms with E-state index in [-0.39, 0.29) is 12.1 Å². The molecule has 0 saturated heterocycles. The zero-order chi connectivity index (χ0) is 19.8. The summed E-state index contributed by atoms with van der Waals surface area (Å²) >= 11 is 0. The van der Waals surface area contributed by atoms with Gasteiger partial charge in [-0.25, -0.2) is 17.2 Å². The van der Waals surface area contributed by atoms with Crippen molar-refractivity contribution in [2.45, 2.75) is 12.5 Å². The van der Waals surface area contributed by atoms with Crippen molar-refractivity contribution in [2.24, 2.45) is 0 Å². The van der Waals surface area contributed by atoms with E-state index < -0.39 is 33.7 Å². The van der Waals surface area contributed by atoms with E-state index in [1.54, 1.807) is 12.1 Å². The molecule has 2 aromatic rings. The maximum Gasteiger partial charge on any atom is 0.251 e. The molecule has 0 spiro atoms. The van der Waals surface area contributed by atoms with Gasteiger partial charge in [0, 0.05) is 18.7 Å². The molecule has 27 heavy (non-hydrogen) atoms. The number of sulfonamides is 1. The molecular formula is C18H18F2N2O4S. The summed E-state index contributed by atoms with van der Waals surface area (Å²) in [5, 5.41) is 12.6. The van der Waals surface area contributed by atoms with Crippen LogP contribution in [0.25, 0.3) is 0 Å². The largest absolute Gasteiger partial charge is 0.387 e. The predicted octanol–water partition coefficient (Wildman–Crippen LogP) is 1.75. The summed E-state index contributed by atoms with van der Waals surface area (Å²) in [6.45, 7) is 0.143. The smallest absolute Gasteiger partial charge is 0.251 e. The summed E-state index contributed by atoms with van der Waals surface area (Å²) in [5.41, 5.74) is 1.76. The van der Waals surface area contributed by atoms with Crippen molar-refractivity contribution in [3.8, 4) is 0 Å². The minimum absolute atomic E-state index is 0.145. The molecule has 0 radical (unpaired) electrons. The Hall–Kier alpha value is -2.52. The maximum absolute atomic E-state index is 13.2. The van der Waals surface area contributed by atoms with Crippen molar-refractivity contribution in [3.05, 3.63) is 64.7 Å². The number of hydrogen-bond acceptors (Lipinski definition) is 4. The molecule has 3 rings (SSSR count). The Bertz CT molecular complexity index is 995. The Morgan fingerprint density at radius 2 is 1.96 bits per heavy atom. The van der Waals surface area contributed by atoms with Crippen LogP contribution < -0.4 is 9.62 Å². The van der Waals surface area contributed by atoms with Gasteiger partial charge in [-0.15, -0.1) is 0 Å². The van der Waals surface area contributed by atoms with Crippen LogP contribution >= 0.6 is 0 Å². The van der Waals surface area contributed by atoms with Gasteiger partial charge in [-0.05, 0) is 47.9 Å². The topological polar surface area (TPSA) is 86.7 Å². The lowest BCUT2D eigenvalue weighted by Gasteiger charge is -2.16. The van der Waals surface area contributed by atoms with E-state index in [0.29, 0.717) is 24.2 Å². The standard InChI is InChI=1S/C18H18F2N2O4S/c1-27(25,26)22-7-6-11-8-13(3-5-16(11)22)18(24)21-10-17(23)12-2-4-14(19)15(20)9-12/h2-5,8-9,17,23H,6-7,10H2,1H3,(H,21,24)/t17-/m1/s1. The molecule has 0 bridgehead atoms. The molecule has 9 heteroatoms. The Kier molecular flexibility index (Phi) is 5.16.